The van der Waals surface area contributed by atoms with E-state index < -0.39 is 31.7 Å². The quantitative estimate of drug-likeness (QED) is 0.765. The van der Waals surface area contributed by atoms with E-state index in [1.54, 1.807) is 0 Å². The molecule has 1 aromatic rings. The van der Waals surface area contributed by atoms with Crippen molar-refractivity contribution in [2.45, 2.75) is 23.2 Å². The second-order valence-corrected chi connectivity index (χ2v) is 9.46. The van der Waals surface area contributed by atoms with Crippen LogP contribution in [0.5, 0.6) is 0 Å². The molecule has 0 amide bonds. The van der Waals surface area contributed by atoms with E-state index in [-0.39, 0.29) is 34.3 Å². The minimum atomic E-state index is -3.88. The molecule has 1 unspecified atom stereocenters. The third kappa shape index (κ3) is 3.39. The predicted molar refractivity (Wildman–Crippen MR) is 78.0 cm³/mol. The number of sulfonamides is 1. The highest BCUT2D eigenvalue weighted by atomic mass is 35.5. The SMILES string of the molecule is CN(C1CCS(=O)(=O)C1)S(=O)(=O)c1ccc(F)c(CCl)c1. The van der Waals surface area contributed by atoms with Gasteiger partial charge in [0.05, 0.1) is 22.3 Å². The van der Waals surface area contributed by atoms with Gasteiger partial charge < -0.3 is 0 Å². The molecule has 0 N–H and O–H groups in total. The van der Waals surface area contributed by atoms with E-state index in [9.17, 15) is 21.2 Å². The van der Waals surface area contributed by atoms with Crippen molar-refractivity contribution in [1.29, 1.82) is 0 Å². The number of hydrogen-bond acceptors (Lipinski definition) is 4. The molecule has 1 aromatic carbocycles. The van der Waals surface area contributed by atoms with Gasteiger partial charge in [-0.1, -0.05) is 0 Å². The Hall–Kier alpha value is -0.700. The summed E-state index contributed by atoms with van der Waals surface area (Å²) in [6, 6.07) is 2.78. The Morgan fingerprint density at radius 2 is 2.10 bits per heavy atom. The molecule has 1 atom stereocenters. The van der Waals surface area contributed by atoms with Crippen LogP contribution in [-0.4, -0.2) is 45.7 Å². The molecule has 1 heterocycles. The van der Waals surface area contributed by atoms with Gasteiger partial charge in [-0.3, -0.25) is 0 Å². The zero-order valence-corrected chi connectivity index (χ0v) is 13.7. The average Bonchev–Trinajstić information content (AvgIpc) is 2.78. The Kier molecular flexibility index (Phi) is 4.63. The fourth-order valence-corrected chi connectivity index (χ4v) is 5.75. The van der Waals surface area contributed by atoms with Gasteiger partial charge in [-0.15, -0.1) is 11.6 Å². The Morgan fingerprint density at radius 3 is 2.62 bits per heavy atom. The molecule has 0 aromatic heterocycles. The lowest BCUT2D eigenvalue weighted by atomic mass is 10.2. The van der Waals surface area contributed by atoms with E-state index in [1.807, 2.05) is 0 Å². The van der Waals surface area contributed by atoms with E-state index in [0.717, 1.165) is 16.4 Å². The third-order valence-corrected chi connectivity index (χ3v) is 7.51. The van der Waals surface area contributed by atoms with Crippen LogP contribution in [0.4, 0.5) is 4.39 Å². The second-order valence-electron chi connectivity index (χ2n) is 4.96. The van der Waals surface area contributed by atoms with Crippen LogP contribution in [0.15, 0.2) is 23.1 Å². The maximum absolute atomic E-state index is 13.4. The minimum Gasteiger partial charge on any atom is -0.229 e. The first-order valence-corrected chi connectivity index (χ1v) is 10.00. The van der Waals surface area contributed by atoms with Gasteiger partial charge in [-0.25, -0.2) is 21.2 Å². The van der Waals surface area contributed by atoms with Crippen molar-refractivity contribution in [3.8, 4) is 0 Å². The van der Waals surface area contributed by atoms with Gasteiger partial charge in [0.1, 0.15) is 5.82 Å². The predicted octanol–water partition coefficient (Wildman–Crippen LogP) is 1.37. The number of hydrogen-bond donors (Lipinski definition) is 0. The molecule has 5 nitrogen and oxygen atoms in total. The summed E-state index contributed by atoms with van der Waals surface area (Å²) >= 11 is 5.57. The summed E-state index contributed by atoms with van der Waals surface area (Å²) in [6.45, 7) is 0. The van der Waals surface area contributed by atoms with Crippen molar-refractivity contribution in [1.82, 2.24) is 4.31 Å². The smallest absolute Gasteiger partial charge is 0.229 e. The first-order valence-electron chi connectivity index (χ1n) is 6.20. The van der Waals surface area contributed by atoms with Gasteiger partial charge in [0.25, 0.3) is 0 Å². The van der Waals surface area contributed by atoms with Crippen LogP contribution in [0.2, 0.25) is 0 Å². The minimum absolute atomic E-state index is 0.0200. The summed E-state index contributed by atoms with van der Waals surface area (Å²) in [4.78, 5) is -0.0913. The molecule has 1 saturated heterocycles. The average molecular weight is 356 g/mol. The van der Waals surface area contributed by atoms with Crippen molar-refractivity contribution < 1.29 is 21.2 Å². The third-order valence-electron chi connectivity index (χ3n) is 3.56. The largest absolute Gasteiger partial charge is 0.243 e. The van der Waals surface area contributed by atoms with Crippen molar-refractivity contribution >= 4 is 31.5 Å². The van der Waals surface area contributed by atoms with Crippen molar-refractivity contribution in [2.75, 3.05) is 18.6 Å². The normalized spacial score (nSPS) is 21.8. The number of rotatable bonds is 4. The fraction of sp³-hybridized carbons (Fsp3) is 0.500. The zero-order valence-electron chi connectivity index (χ0n) is 11.3. The summed E-state index contributed by atoms with van der Waals surface area (Å²) in [5.74, 6) is -0.924. The van der Waals surface area contributed by atoms with Gasteiger partial charge in [0.2, 0.25) is 10.0 Å². The highest BCUT2D eigenvalue weighted by Gasteiger charge is 2.36. The topological polar surface area (TPSA) is 71.5 Å². The van der Waals surface area contributed by atoms with E-state index in [0.29, 0.717) is 0 Å². The van der Waals surface area contributed by atoms with E-state index in [4.69, 9.17) is 11.6 Å². The molecular formula is C12H15ClFNO4S2. The highest BCUT2D eigenvalue weighted by Crippen LogP contribution is 2.25. The maximum Gasteiger partial charge on any atom is 0.243 e. The van der Waals surface area contributed by atoms with Crippen LogP contribution in [0.25, 0.3) is 0 Å². The molecule has 21 heavy (non-hydrogen) atoms. The summed E-state index contributed by atoms with van der Waals surface area (Å²) in [5, 5.41) is 0. The van der Waals surface area contributed by atoms with Gasteiger partial charge in [-0.2, -0.15) is 4.31 Å². The monoisotopic (exact) mass is 355 g/mol. The lowest BCUT2D eigenvalue weighted by Gasteiger charge is -2.23. The lowest BCUT2D eigenvalue weighted by molar-refractivity contribution is 0.394. The van der Waals surface area contributed by atoms with Crippen molar-refractivity contribution in [2.24, 2.45) is 0 Å². The van der Waals surface area contributed by atoms with Gasteiger partial charge in [0, 0.05) is 18.7 Å². The van der Waals surface area contributed by atoms with E-state index >= 15 is 0 Å². The van der Waals surface area contributed by atoms with Crippen LogP contribution in [-0.2, 0) is 25.7 Å². The number of sulfone groups is 1. The Labute approximate surface area is 128 Å². The van der Waals surface area contributed by atoms with Crippen LogP contribution in [0.3, 0.4) is 0 Å². The Balaban J connectivity index is 2.34. The summed E-state index contributed by atoms with van der Waals surface area (Å²) in [6.07, 6.45) is 0.265. The zero-order chi connectivity index (χ0) is 15.8. The molecule has 0 spiro atoms. The molecule has 9 heteroatoms. The molecule has 118 valence electrons. The molecule has 1 aliphatic rings. The summed E-state index contributed by atoms with van der Waals surface area (Å²) in [5.41, 5.74) is 0.0881. The number of alkyl halides is 1. The van der Waals surface area contributed by atoms with Crippen molar-refractivity contribution in [3.63, 3.8) is 0 Å². The number of benzene rings is 1. The first-order chi connectivity index (χ1) is 9.67. The molecule has 0 saturated carbocycles. The molecule has 0 radical (unpaired) electrons. The van der Waals surface area contributed by atoms with Crippen LogP contribution in [0, 0.1) is 5.82 Å². The van der Waals surface area contributed by atoms with Crippen molar-refractivity contribution in [3.05, 3.63) is 29.6 Å². The number of nitrogens with zero attached hydrogens (tertiary/aromatic N) is 1. The lowest BCUT2D eigenvalue weighted by Crippen LogP contribution is -2.37. The molecular weight excluding hydrogens is 341 g/mol. The van der Waals surface area contributed by atoms with Crippen LogP contribution in [0.1, 0.15) is 12.0 Å². The van der Waals surface area contributed by atoms with Crippen LogP contribution < -0.4 is 0 Å². The summed E-state index contributed by atoms with van der Waals surface area (Å²) < 4.78 is 62.3. The van der Waals surface area contributed by atoms with E-state index in [2.05, 4.69) is 0 Å². The molecule has 1 aliphatic heterocycles. The Morgan fingerprint density at radius 1 is 1.43 bits per heavy atom. The van der Waals surface area contributed by atoms with E-state index in [1.165, 1.54) is 13.1 Å². The standard InChI is InChI=1S/C12H15ClFNO4S2/c1-15(10-4-5-20(16,17)8-10)21(18,19)11-2-3-12(14)9(6-11)7-13/h2-3,6,10H,4-5,7-8H2,1H3. The maximum atomic E-state index is 13.4. The number of halogens is 2. The Bertz CT molecular complexity index is 749. The highest BCUT2D eigenvalue weighted by molar-refractivity contribution is 7.92. The molecule has 0 aliphatic carbocycles. The molecule has 1 fully saturated rings. The van der Waals surface area contributed by atoms with Gasteiger partial charge in [-0.05, 0) is 24.6 Å². The molecule has 0 bridgehead atoms. The fourth-order valence-electron chi connectivity index (χ4n) is 2.24. The second kappa shape index (κ2) is 5.83. The van der Waals surface area contributed by atoms with Gasteiger partial charge >= 0.3 is 0 Å². The first kappa shape index (κ1) is 16.7. The van der Waals surface area contributed by atoms with Crippen LogP contribution >= 0.6 is 11.6 Å². The summed E-state index contributed by atoms with van der Waals surface area (Å²) in [7, 11) is -5.73. The van der Waals surface area contributed by atoms with Gasteiger partial charge in [0.15, 0.2) is 9.84 Å². The molecule has 2 rings (SSSR count).